The molecule has 2 unspecified atom stereocenters. The number of fused-ring (bicyclic) bond motifs is 1. The number of hydrogen-bond donors (Lipinski definition) is 2. The van der Waals surface area contributed by atoms with Gasteiger partial charge in [0.05, 0.1) is 38.1 Å². The summed E-state index contributed by atoms with van der Waals surface area (Å²) in [5.74, 6) is -2.77. The Kier molecular flexibility index (Phi) is 10.3. The number of halogens is 4. The number of methoxy groups -OCH3 is 2. The van der Waals surface area contributed by atoms with E-state index in [1.165, 1.54) is 32.4 Å². The third kappa shape index (κ3) is 6.59. The van der Waals surface area contributed by atoms with Crippen LogP contribution in [0.4, 0.5) is 18.9 Å². The van der Waals surface area contributed by atoms with Gasteiger partial charge in [0.25, 0.3) is 15.9 Å². The lowest BCUT2D eigenvalue weighted by Crippen LogP contribution is -2.69. The molecule has 2 aliphatic heterocycles. The molecule has 0 aliphatic carbocycles. The number of anilines is 1. The Morgan fingerprint density at radius 3 is 2.41 bits per heavy atom. The number of amides is 2. The second kappa shape index (κ2) is 13.8. The van der Waals surface area contributed by atoms with E-state index in [4.69, 9.17) is 21.1 Å². The van der Waals surface area contributed by atoms with E-state index < -0.39 is 61.0 Å². The molecule has 0 saturated carbocycles. The third-order valence-electron chi connectivity index (χ3n) is 9.40. The average Bonchev–Trinajstić information content (AvgIpc) is 3.50. The van der Waals surface area contributed by atoms with Gasteiger partial charge in [-0.25, -0.2) is 8.42 Å². The molecule has 1 saturated heterocycles. The molecule has 3 aromatic rings. The minimum atomic E-state index is -5.31. The Hall–Kier alpha value is -4.09. The zero-order chi connectivity index (χ0) is 37.7. The molecule has 0 spiro atoms. The zero-order valence-electron chi connectivity index (χ0n) is 28.7. The highest BCUT2D eigenvalue weighted by atomic mass is 35.5. The number of aryl methyl sites for hydroxylation is 1. The van der Waals surface area contributed by atoms with Crippen LogP contribution in [0.15, 0.2) is 59.5 Å². The summed E-state index contributed by atoms with van der Waals surface area (Å²) in [6.07, 6.45) is -6.53. The van der Waals surface area contributed by atoms with Crippen LogP contribution in [0.5, 0.6) is 17.2 Å². The SMILES string of the molecule is COc1ccc(S(=O)(=O)N2C(=O)C(c3cc(C)ccc3OC)([N+]3(C)C[C@H](O)C[C@H]3C(=O)NCCN(C)C)c3cc(Cl)ccc32)c(OC(F)(F)F)c1. The molecule has 12 nitrogen and oxygen atoms in total. The maximum Gasteiger partial charge on any atom is 0.573 e. The van der Waals surface area contributed by atoms with Gasteiger partial charge in [0, 0.05) is 30.6 Å². The number of carbonyl (C=O) groups is 2. The van der Waals surface area contributed by atoms with Crippen LogP contribution >= 0.6 is 11.6 Å². The van der Waals surface area contributed by atoms with Crippen LogP contribution in [0.3, 0.4) is 0 Å². The number of nitrogens with one attached hydrogen (secondary N) is 1. The molecule has 1 fully saturated rings. The normalized spacial score (nSPS) is 23.4. The maximum atomic E-state index is 15.6. The van der Waals surface area contributed by atoms with Gasteiger partial charge in [-0.1, -0.05) is 23.2 Å². The first-order valence-corrected chi connectivity index (χ1v) is 17.6. The van der Waals surface area contributed by atoms with Crippen molar-refractivity contribution in [2.75, 3.05) is 59.3 Å². The molecule has 5 rings (SSSR count). The van der Waals surface area contributed by atoms with Crippen LogP contribution in [-0.2, 0) is 25.2 Å². The number of alkyl halides is 3. The summed E-state index contributed by atoms with van der Waals surface area (Å²) < 4.78 is 85.3. The summed E-state index contributed by atoms with van der Waals surface area (Å²) in [5.41, 5.74) is -1.57. The van der Waals surface area contributed by atoms with Gasteiger partial charge in [0.2, 0.25) is 5.54 Å². The molecule has 0 aromatic heterocycles. The lowest BCUT2D eigenvalue weighted by molar-refractivity contribution is -0.953. The summed E-state index contributed by atoms with van der Waals surface area (Å²) in [5, 5.41) is 14.2. The number of carbonyl (C=O) groups excluding carboxylic acids is 2. The minimum Gasteiger partial charge on any atom is -0.497 e. The number of ether oxygens (including phenoxy) is 3. The van der Waals surface area contributed by atoms with Crippen molar-refractivity contribution in [2.24, 2.45) is 0 Å². The molecule has 2 amide bonds. The first-order valence-electron chi connectivity index (χ1n) is 15.8. The molecule has 51 heavy (non-hydrogen) atoms. The number of nitrogens with zero attached hydrogens (tertiary/aromatic N) is 3. The summed E-state index contributed by atoms with van der Waals surface area (Å²) >= 11 is 6.57. The van der Waals surface area contributed by atoms with E-state index in [9.17, 15) is 31.5 Å². The average molecular weight is 756 g/mol. The first-order chi connectivity index (χ1) is 23.8. The Morgan fingerprint density at radius 2 is 1.78 bits per heavy atom. The number of hydrogen-bond acceptors (Lipinski definition) is 9. The van der Waals surface area contributed by atoms with E-state index in [1.807, 2.05) is 19.0 Å². The molecule has 17 heteroatoms. The highest BCUT2D eigenvalue weighted by Crippen LogP contribution is 2.58. The number of aliphatic hydroxyl groups is 1. The fraction of sp³-hybridized carbons (Fsp3) is 0.412. The number of benzene rings is 3. The van der Waals surface area contributed by atoms with Crippen LogP contribution in [0.25, 0.3) is 0 Å². The monoisotopic (exact) mass is 755 g/mol. The lowest BCUT2D eigenvalue weighted by Gasteiger charge is -2.48. The summed E-state index contributed by atoms with van der Waals surface area (Å²) in [4.78, 5) is 30.6. The molecular formula is C34H39ClF3N4O8S+. The number of likely N-dealkylation sites (N-methyl/N-ethyl adjacent to an activating group) is 2. The van der Waals surface area contributed by atoms with Crippen LogP contribution < -0.4 is 23.8 Å². The molecule has 276 valence electrons. The van der Waals surface area contributed by atoms with Crippen molar-refractivity contribution in [2.45, 2.75) is 42.3 Å². The molecule has 2 heterocycles. The van der Waals surface area contributed by atoms with Gasteiger partial charge in [0.1, 0.15) is 29.0 Å². The zero-order valence-corrected chi connectivity index (χ0v) is 30.3. The van der Waals surface area contributed by atoms with Crippen LogP contribution in [0.2, 0.25) is 5.02 Å². The fourth-order valence-electron chi connectivity index (χ4n) is 7.24. The highest BCUT2D eigenvalue weighted by Gasteiger charge is 2.72. The van der Waals surface area contributed by atoms with Crippen molar-refractivity contribution >= 4 is 39.1 Å². The number of aliphatic hydroxyl groups excluding tert-OH is 1. The molecule has 0 radical (unpaired) electrons. The Labute approximate surface area is 298 Å². The van der Waals surface area contributed by atoms with E-state index in [0.717, 1.165) is 18.2 Å². The maximum absolute atomic E-state index is 15.6. The topological polar surface area (TPSA) is 135 Å². The molecule has 4 atom stereocenters. The number of quaternary nitrogens is 1. The quantitative estimate of drug-likeness (QED) is 0.281. The van der Waals surface area contributed by atoms with Crippen molar-refractivity contribution in [3.05, 3.63) is 76.3 Å². The summed E-state index contributed by atoms with van der Waals surface area (Å²) in [6.45, 7) is 2.25. The number of likely N-dealkylation sites (tertiary alicyclic amines) is 1. The molecule has 0 bridgehead atoms. The molecule has 3 aromatic carbocycles. The van der Waals surface area contributed by atoms with Crippen molar-refractivity contribution in [1.29, 1.82) is 0 Å². The molecule has 2 N–H and O–H groups in total. The first kappa shape index (κ1) is 38.1. The van der Waals surface area contributed by atoms with Gasteiger partial charge in [-0.05, 0) is 63.5 Å². The van der Waals surface area contributed by atoms with Crippen molar-refractivity contribution < 1.29 is 55.0 Å². The van der Waals surface area contributed by atoms with E-state index in [0.29, 0.717) is 16.4 Å². The Morgan fingerprint density at radius 1 is 1.08 bits per heavy atom. The van der Waals surface area contributed by atoms with Crippen LogP contribution in [0, 0.1) is 6.92 Å². The van der Waals surface area contributed by atoms with Gasteiger partial charge in [-0.2, -0.15) is 4.31 Å². The van der Waals surface area contributed by atoms with Crippen molar-refractivity contribution in [3.63, 3.8) is 0 Å². The van der Waals surface area contributed by atoms with Gasteiger partial charge < -0.3 is 29.5 Å². The standard InChI is InChI=1S/C34H38ClF3N4O8S/c1-20-7-11-28(49-6)25(15-20)33(42(4)19-22(43)17-27(42)31(44)39-13-14-40(2)3)24-16-21(35)8-10-26(24)41(32(33)45)51(46,47)30-12-9-23(48-5)18-29(30)50-34(36,37)38/h7-12,15-16,18,22,27,43H,13-14,17,19H2,1-6H3/p+1/t22-,27+,33?,42?/m1/s1. The second-order valence-electron chi connectivity index (χ2n) is 13.0. The van der Waals surface area contributed by atoms with E-state index in [-0.39, 0.29) is 52.8 Å². The van der Waals surface area contributed by atoms with Gasteiger partial charge in [-0.3, -0.25) is 14.1 Å². The van der Waals surface area contributed by atoms with Crippen LogP contribution in [-0.4, -0.2) is 108 Å². The predicted octanol–water partition coefficient (Wildman–Crippen LogP) is 3.80. The highest BCUT2D eigenvalue weighted by molar-refractivity contribution is 7.93. The van der Waals surface area contributed by atoms with E-state index in [1.54, 1.807) is 32.2 Å². The van der Waals surface area contributed by atoms with E-state index in [2.05, 4.69) is 10.1 Å². The van der Waals surface area contributed by atoms with E-state index >= 15 is 4.79 Å². The predicted molar refractivity (Wildman–Crippen MR) is 181 cm³/mol. The Bertz CT molecular complexity index is 1960. The van der Waals surface area contributed by atoms with Crippen molar-refractivity contribution in [3.8, 4) is 17.2 Å². The van der Waals surface area contributed by atoms with Crippen molar-refractivity contribution in [1.82, 2.24) is 10.2 Å². The van der Waals surface area contributed by atoms with Gasteiger partial charge >= 0.3 is 12.3 Å². The smallest absolute Gasteiger partial charge is 0.497 e. The number of sulfonamides is 1. The molecule has 2 aliphatic rings. The minimum absolute atomic E-state index is 0.0296. The van der Waals surface area contributed by atoms with Gasteiger partial charge in [0.15, 0.2) is 11.8 Å². The fourth-order valence-corrected chi connectivity index (χ4v) is 8.97. The van der Waals surface area contributed by atoms with Gasteiger partial charge in [-0.15, -0.1) is 13.2 Å². The summed E-state index contributed by atoms with van der Waals surface area (Å²) in [7, 11) is 2.51. The second-order valence-corrected chi connectivity index (χ2v) is 15.2. The number of rotatable bonds is 11. The largest absolute Gasteiger partial charge is 0.573 e. The Balaban J connectivity index is 1.85. The van der Waals surface area contributed by atoms with Crippen LogP contribution in [0.1, 0.15) is 23.1 Å². The third-order valence-corrected chi connectivity index (χ3v) is 11.4. The summed E-state index contributed by atoms with van der Waals surface area (Å²) in [6, 6.07) is 10.5. The molecular weight excluding hydrogens is 717 g/mol. The lowest BCUT2D eigenvalue weighted by atomic mass is 9.78.